The smallest absolute Gasteiger partial charge is 0.265 e. The number of rotatable bonds is 4. The summed E-state index contributed by atoms with van der Waals surface area (Å²) in [5.74, 6) is -0.463. The van der Waals surface area contributed by atoms with E-state index < -0.39 is 11.8 Å². The number of thiocarbonyl (C=S) groups is 1. The number of nitrogens with one attached hydrogen (secondary N) is 1. The lowest BCUT2D eigenvalue weighted by Crippen LogP contribution is -2.53. The van der Waals surface area contributed by atoms with Crippen LogP contribution in [0.25, 0.3) is 17.2 Å². The highest BCUT2D eigenvalue weighted by Gasteiger charge is 2.33. The molecule has 1 aliphatic heterocycles. The summed E-state index contributed by atoms with van der Waals surface area (Å²) in [5, 5.41) is 2.71. The van der Waals surface area contributed by atoms with E-state index in [4.69, 9.17) is 12.2 Å². The summed E-state index contributed by atoms with van der Waals surface area (Å²) in [5.41, 5.74) is 6.60. The monoisotopic (exact) mass is 392 g/mol. The Balaban J connectivity index is 2.15. The first-order chi connectivity index (χ1) is 13.2. The number of carbonyl (C=O) groups is 2. The van der Waals surface area contributed by atoms with Crippen LogP contribution in [-0.4, -0.2) is 28.4 Å². The van der Waals surface area contributed by atoms with E-state index in [9.17, 15) is 9.59 Å². The van der Waals surface area contributed by atoms with Crippen LogP contribution in [-0.2, 0) is 9.59 Å². The van der Waals surface area contributed by atoms with Crippen LogP contribution in [0.1, 0.15) is 42.0 Å². The lowest BCUT2D eigenvalue weighted by atomic mass is 9.99. The predicted molar refractivity (Wildman–Crippen MR) is 117 cm³/mol. The zero-order valence-corrected chi connectivity index (χ0v) is 17.4. The molecule has 0 spiro atoms. The third kappa shape index (κ3) is 3.50. The van der Waals surface area contributed by atoms with Crippen molar-refractivity contribution in [2.75, 3.05) is 6.54 Å². The fraction of sp³-hybridized carbons (Fsp3) is 0.261. The summed E-state index contributed by atoms with van der Waals surface area (Å²) in [7, 11) is 0. The molecule has 3 rings (SSSR count). The minimum atomic E-state index is -0.469. The van der Waals surface area contributed by atoms with Crippen molar-refractivity contribution < 1.29 is 9.59 Å². The van der Waals surface area contributed by atoms with Crippen LogP contribution in [0.3, 0.4) is 0 Å². The third-order valence-corrected chi connectivity index (χ3v) is 5.37. The van der Waals surface area contributed by atoms with Gasteiger partial charge in [-0.05, 0) is 71.4 Å². The van der Waals surface area contributed by atoms with Crippen molar-refractivity contribution >= 4 is 35.2 Å². The van der Waals surface area contributed by atoms with Crippen molar-refractivity contribution in [2.24, 2.45) is 0 Å². The molecule has 3 aliphatic rings. The molecule has 1 heterocycles. The first kappa shape index (κ1) is 20.0. The average Bonchev–Trinajstić information content (AvgIpc) is 2.81. The molecule has 0 aromatic rings. The summed E-state index contributed by atoms with van der Waals surface area (Å²) in [4.78, 5) is 26.6. The van der Waals surface area contributed by atoms with E-state index in [1.54, 1.807) is 12.2 Å². The maximum absolute atomic E-state index is 12.8. The van der Waals surface area contributed by atoms with Crippen LogP contribution in [0.5, 0.6) is 0 Å². The Morgan fingerprint density at radius 1 is 1.18 bits per heavy atom. The van der Waals surface area contributed by atoms with Crippen LogP contribution in [0.4, 0.5) is 0 Å². The summed E-state index contributed by atoms with van der Waals surface area (Å²) in [6, 6.07) is 8.46. The van der Waals surface area contributed by atoms with Gasteiger partial charge in [0.25, 0.3) is 11.8 Å². The minimum absolute atomic E-state index is 0.0809. The number of hydrogen-bond donors (Lipinski definition) is 1. The molecule has 4 nitrogen and oxygen atoms in total. The first-order valence-corrected chi connectivity index (χ1v) is 9.69. The zero-order chi connectivity index (χ0) is 20.6. The second kappa shape index (κ2) is 7.68. The van der Waals surface area contributed by atoms with Gasteiger partial charge < -0.3 is 0 Å². The Bertz CT molecular complexity index is 1000. The second-order valence-corrected chi connectivity index (χ2v) is 7.80. The maximum atomic E-state index is 12.8. The predicted octanol–water partition coefficient (Wildman–Crippen LogP) is 4.34. The molecule has 0 atom stereocenters. The largest absolute Gasteiger partial charge is 0.298 e. The fourth-order valence-corrected chi connectivity index (χ4v) is 3.75. The molecule has 0 bridgehead atoms. The van der Waals surface area contributed by atoms with Crippen molar-refractivity contribution in [1.29, 1.82) is 0 Å². The van der Waals surface area contributed by atoms with Gasteiger partial charge >= 0.3 is 0 Å². The van der Waals surface area contributed by atoms with Crippen molar-refractivity contribution in [2.45, 2.75) is 33.6 Å². The molecule has 144 valence electrons. The Morgan fingerprint density at radius 3 is 2.54 bits per heavy atom. The Morgan fingerprint density at radius 2 is 1.89 bits per heavy atom. The van der Waals surface area contributed by atoms with Gasteiger partial charge in [-0.3, -0.25) is 19.8 Å². The van der Waals surface area contributed by atoms with Gasteiger partial charge in [0.05, 0.1) is 0 Å². The number of amides is 2. The molecule has 0 unspecified atom stereocenters. The van der Waals surface area contributed by atoms with Crippen LogP contribution < -0.4 is 5.32 Å². The quantitative estimate of drug-likeness (QED) is 0.364. The van der Waals surface area contributed by atoms with E-state index in [-0.39, 0.29) is 17.2 Å². The first-order valence-electron chi connectivity index (χ1n) is 9.28. The molecule has 2 aliphatic carbocycles. The molecule has 2 amide bonds. The molecule has 28 heavy (non-hydrogen) atoms. The summed E-state index contributed by atoms with van der Waals surface area (Å²) in [6.07, 6.45) is 3.26. The lowest BCUT2D eigenvalue weighted by molar-refractivity contribution is -0.128. The van der Waals surface area contributed by atoms with E-state index in [1.165, 1.54) is 10.5 Å². The standard InChI is InChI=1S/C23H24N2O2S/c1-6-9-25-22(27)19(21(26)24-23(25)28)12-17-10-15(5)18-11-16(13(2)3)8-7-14(4)20(17)18/h6-8,10-13H,1,9H2,2-5H3,(H,24,26,28)/b19-12-. The highest BCUT2D eigenvalue weighted by Crippen LogP contribution is 2.37. The molecule has 5 heteroatoms. The van der Waals surface area contributed by atoms with Crippen molar-refractivity contribution in [3.05, 3.63) is 64.7 Å². The van der Waals surface area contributed by atoms with Gasteiger partial charge in [0, 0.05) is 6.54 Å². The van der Waals surface area contributed by atoms with E-state index in [1.807, 2.05) is 6.07 Å². The molecular formula is C23H24N2O2S. The number of carbonyl (C=O) groups excluding carboxylic acids is 2. The van der Waals surface area contributed by atoms with E-state index in [0.29, 0.717) is 5.92 Å². The van der Waals surface area contributed by atoms with E-state index >= 15 is 0 Å². The van der Waals surface area contributed by atoms with Gasteiger partial charge in [-0.2, -0.15) is 0 Å². The number of nitrogens with zero attached hydrogens (tertiary/aromatic N) is 1. The Kier molecular flexibility index (Phi) is 5.47. The molecule has 1 saturated heterocycles. The van der Waals surface area contributed by atoms with Crippen molar-refractivity contribution in [3.8, 4) is 11.1 Å². The number of aryl methyl sites for hydroxylation is 2. The highest BCUT2D eigenvalue weighted by molar-refractivity contribution is 7.80. The number of hydrogen-bond acceptors (Lipinski definition) is 3. The van der Waals surface area contributed by atoms with Gasteiger partial charge in [0.1, 0.15) is 5.57 Å². The second-order valence-electron chi connectivity index (χ2n) is 7.41. The van der Waals surface area contributed by atoms with E-state index in [2.05, 4.69) is 57.8 Å². The van der Waals surface area contributed by atoms with Crippen molar-refractivity contribution in [3.63, 3.8) is 0 Å². The Labute approximate surface area is 171 Å². The third-order valence-electron chi connectivity index (χ3n) is 5.05. The molecule has 0 aromatic heterocycles. The lowest BCUT2D eigenvalue weighted by Gasteiger charge is -2.27. The molecule has 1 N–H and O–H groups in total. The molecule has 0 aromatic carbocycles. The van der Waals surface area contributed by atoms with Gasteiger partial charge in [0.15, 0.2) is 5.11 Å². The summed E-state index contributed by atoms with van der Waals surface area (Å²) in [6.45, 7) is 12.3. The topological polar surface area (TPSA) is 49.4 Å². The van der Waals surface area contributed by atoms with Gasteiger partial charge in [-0.15, -0.1) is 6.58 Å². The van der Waals surface area contributed by atoms with Gasteiger partial charge in [-0.1, -0.05) is 44.2 Å². The van der Waals surface area contributed by atoms with Gasteiger partial charge in [-0.25, -0.2) is 0 Å². The molecular weight excluding hydrogens is 368 g/mol. The van der Waals surface area contributed by atoms with Crippen LogP contribution >= 0.6 is 12.2 Å². The average molecular weight is 393 g/mol. The fourth-order valence-electron chi connectivity index (χ4n) is 3.50. The molecule has 0 saturated carbocycles. The molecule has 1 fully saturated rings. The maximum Gasteiger partial charge on any atom is 0.265 e. The summed E-state index contributed by atoms with van der Waals surface area (Å²) < 4.78 is 0. The normalized spacial score (nSPS) is 16.2. The van der Waals surface area contributed by atoms with Crippen LogP contribution in [0.2, 0.25) is 0 Å². The summed E-state index contributed by atoms with van der Waals surface area (Å²) >= 11 is 5.12. The molecule has 0 radical (unpaired) electrons. The minimum Gasteiger partial charge on any atom is -0.298 e. The Hall–Kier alpha value is -2.79. The van der Waals surface area contributed by atoms with Crippen LogP contribution in [0, 0.1) is 13.8 Å². The SMILES string of the molecule is C=CCN1C(=O)/C(=C\c2cc(C)c3cc(C(C)C)ccc(C)c2-3)C(=O)NC1=S. The highest BCUT2D eigenvalue weighted by atomic mass is 32.1. The van der Waals surface area contributed by atoms with Gasteiger partial charge in [0.2, 0.25) is 0 Å². The van der Waals surface area contributed by atoms with Crippen LogP contribution in [0.15, 0.2) is 42.5 Å². The van der Waals surface area contributed by atoms with Crippen molar-refractivity contribution in [1.82, 2.24) is 10.2 Å². The van der Waals surface area contributed by atoms with E-state index in [0.717, 1.165) is 27.8 Å². The zero-order valence-electron chi connectivity index (χ0n) is 16.6. The number of fused-ring (bicyclic) bond motifs is 1.